The van der Waals surface area contributed by atoms with Crippen molar-refractivity contribution in [3.8, 4) is 5.75 Å². The van der Waals surface area contributed by atoms with Crippen LogP contribution in [0.1, 0.15) is 19.3 Å². The Balaban J connectivity index is 1.86. The number of aliphatic hydroxyl groups is 1. The summed E-state index contributed by atoms with van der Waals surface area (Å²) >= 11 is 9.38. The molecule has 1 aromatic rings. The van der Waals surface area contributed by atoms with Gasteiger partial charge in [-0.3, -0.25) is 4.79 Å². The molecule has 0 bridgehead atoms. The molecule has 1 aliphatic heterocycles. The van der Waals surface area contributed by atoms with Crippen LogP contribution in [0, 0.1) is 5.92 Å². The molecular weight excluding hydrogens is 358 g/mol. The van der Waals surface area contributed by atoms with E-state index in [-0.39, 0.29) is 19.1 Å². The van der Waals surface area contributed by atoms with Gasteiger partial charge in [0.25, 0.3) is 5.91 Å². The second-order valence-electron chi connectivity index (χ2n) is 5.22. The Morgan fingerprint density at radius 2 is 2.33 bits per heavy atom. The van der Waals surface area contributed by atoms with Gasteiger partial charge in [-0.1, -0.05) is 27.5 Å². The SMILES string of the molecule is O=C(COc1ccc(Br)cc1Cl)N1CCCC(CCO)C1. The van der Waals surface area contributed by atoms with E-state index in [1.165, 1.54) is 0 Å². The van der Waals surface area contributed by atoms with Crippen LogP contribution in [0.4, 0.5) is 0 Å². The Morgan fingerprint density at radius 1 is 1.52 bits per heavy atom. The summed E-state index contributed by atoms with van der Waals surface area (Å²) < 4.78 is 6.38. The van der Waals surface area contributed by atoms with Crippen molar-refractivity contribution in [2.45, 2.75) is 19.3 Å². The van der Waals surface area contributed by atoms with Crippen LogP contribution in [0.3, 0.4) is 0 Å². The van der Waals surface area contributed by atoms with Crippen LogP contribution in [-0.4, -0.2) is 42.2 Å². The van der Waals surface area contributed by atoms with E-state index in [0.29, 0.717) is 23.2 Å². The standard InChI is InChI=1S/C15H19BrClNO3/c16-12-3-4-14(13(17)8-12)21-10-15(20)18-6-1-2-11(9-18)5-7-19/h3-4,8,11,19H,1-2,5-7,9-10H2. The molecule has 1 aliphatic rings. The molecule has 0 saturated carbocycles. The fourth-order valence-corrected chi connectivity index (χ4v) is 3.26. The highest BCUT2D eigenvalue weighted by Crippen LogP contribution is 2.28. The second-order valence-corrected chi connectivity index (χ2v) is 6.55. The lowest BCUT2D eigenvalue weighted by atomic mass is 9.95. The molecule has 1 fully saturated rings. The summed E-state index contributed by atoms with van der Waals surface area (Å²) in [6.07, 6.45) is 2.81. The minimum atomic E-state index is -0.0309. The van der Waals surface area contributed by atoms with E-state index in [2.05, 4.69) is 15.9 Å². The zero-order valence-electron chi connectivity index (χ0n) is 11.7. The van der Waals surface area contributed by atoms with E-state index in [1.807, 2.05) is 11.0 Å². The topological polar surface area (TPSA) is 49.8 Å². The lowest BCUT2D eigenvalue weighted by molar-refractivity contribution is -0.135. The molecule has 1 heterocycles. The third kappa shape index (κ3) is 4.87. The predicted octanol–water partition coefficient (Wildman–Crippen LogP) is 3.10. The summed E-state index contributed by atoms with van der Waals surface area (Å²) in [5, 5.41) is 9.48. The number of hydrogen-bond acceptors (Lipinski definition) is 3. The molecule has 1 N–H and O–H groups in total. The number of halogens is 2. The number of likely N-dealkylation sites (tertiary alicyclic amines) is 1. The van der Waals surface area contributed by atoms with Gasteiger partial charge < -0.3 is 14.7 Å². The first-order valence-corrected chi connectivity index (χ1v) is 8.23. The molecule has 4 nitrogen and oxygen atoms in total. The minimum Gasteiger partial charge on any atom is -0.482 e. The quantitative estimate of drug-likeness (QED) is 0.859. The van der Waals surface area contributed by atoms with Crippen LogP contribution in [0.2, 0.25) is 5.02 Å². The van der Waals surface area contributed by atoms with Crippen molar-refractivity contribution in [1.29, 1.82) is 0 Å². The molecule has 116 valence electrons. The van der Waals surface area contributed by atoms with Gasteiger partial charge in [0.1, 0.15) is 5.75 Å². The number of aliphatic hydroxyl groups excluding tert-OH is 1. The van der Waals surface area contributed by atoms with Gasteiger partial charge in [-0.2, -0.15) is 0 Å². The maximum absolute atomic E-state index is 12.2. The van der Waals surface area contributed by atoms with Crippen LogP contribution < -0.4 is 4.74 Å². The van der Waals surface area contributed by atoms with Crippen molar-refractivity contribution in [3.63, 3.8) is 0 Å². The summed E-state index contributed by atoms with van der Waals surface area (Å²) in [5.41, 5.74) is 0. The van der Waals surface area contributed by atoms with Crippen molar-refractivity contribution in [3.05, 3.63) is 27.7 Å². The highest BCUT2D eigenvalue weighted by molar-refractivity contribution is 9.10. The smallest absolute Gasteiger partial charge is 0.260 e. The van der Waals surface area contributed by atoms with Crippen molar-refractivity contribution in [2.75, 3.05) is 26.3 Å². The Morgan fingerprint density at radius 3 is 3.05 bits per heavy atom. The number of hydrogen-bond donors (Lipinski definition) is 1. The van der Waals surface area contributed by atoms with Gasteiger partial charge >= 0.3 is 0 Å². The molecule has 1 aromatic carbocycles. The van der Waals surface area contributed by atoms with Crippen LogP contribution in [0.25, 0.3) is 0 Å². The van der Waals surface area contributed by atoms with Crippen LogP contribution in [-0.2, 0) is 4.79 Å². The van der Waals surface area contributed by atoms with Gasteiger partial charge in [0, 0.05) is 24.2 Å². The third-order valence-electron chi connectivity index (χ3n) is 3.65. The summed E-state index contributed by atoms with van der Waals surface area (Å²) in [6, 6.07) is 5.30. The average Bonchev–Trinajstić information content (AvgIpc) is 2.47. The fourth-order valence-electron chi connectivity index (χ4n) is 2.53. The predicted molar refractivity (Wildman–Crippen MR) is 85.7 cm³/mol. The van der Waals surface area contributed by atoms with E-state index >= 15 is 0 Å². The number of carbonyl (C=O) groups is 1. The van der Waals surface area contributed by atoms with Gasteiger partial charge in [0.15, 0.2) is 6.61 Å². The van der Waals surface area contributed by atoms with Crippen molar-refractivity contribution in [2.24, 2.45) is 5.92 Å². The van der Waals surface area contributed by atoms with Gasteiger partial charge in [0.05, 0.1) is 5.02 Å². The van der Waals surface area contributed by atoms with Gasteiger partial charge in [-0.25, -0.2) is 0 Å². The van der Waals surface area contributed by atoms with Gasteiger partial charge in [0.2, 0.25) is 0 Å². The molecule has 1 amide bonds. The first-order chi connectivity index (χ1) is 10.1. The number of ether oxygens (including phenoxy) is 1. The number of benzene rings is 1. The minimum absolute atomic E-state index is 0.00675. The van der Waals surface area contributed by atoms with Crippen LogP contribution >= 0.6 is 27.5 Å². The fraction of sp³-hybridized carbons (Fsp3) is 0.533. The normalized spacial score (nSPS) is 18.6. The molecular formula is C15H19BrClNO3. The highest BCUT2D eigenvalue weighted by atomic mass is 79.9. The largest absolute Gasteiger partial charge is 0.482 e. The van der Waals surface area contributed by atoms with Gasteiger partial charge in [-0.05, 0) is 43.4 Å². The molecule has 0 aliphatic carbocycles. The van der Waals surface area contributed by atoms with E-state index in [1.54, 1.807) is 12.1 Å². The van der Waals surface area contributed by atoms with Crippen LogP contribution in [0.5, 0.6) is 5.75 Å². The molecule has 1 saturated heterocycles. The molecule has 1 atom stereocenters. The maximum Gasteiger partial charge on any atom is 0.260 e. The zero-order valence-corrected chi connectivity index (χ0v) is 14.1. The zero-order chi connectivity index (χ0) is 15.2. The van der Waals surface area contributed by atoms with Crippen molar-refractivity contribution >= 4 is 33.4 Å². The summed E-state index contributed by atoms with van der Waals surface area (Å²) in [7, 11) is 0. The summed E-state index contributed by atoms with van der Waals surface area (Å²) in [5.74, 6) is 0.873. The Hall–Kier alpha value is -0.780. The summed E-state index contributed by atoms with van der Waals surface area (Å²) in [4.78, 5) is 14.0. The number of amides is 1. The Bertz CT molecular complexity index is 496. The molecule has 0 spiro atoms. The number of piperidine rings is 1. The first-order valence-electron chi connectivity index (χ1n) is 7.06. The van der Waals surface area contributed by atoms with Crippen LogP contribution in [0.15, 0.2) is 22.7 Å². The molecule has 21 heavy (non-hydrogen) atoms. The number of nitrogens with zero attached hydrogens (tertiary/aromatic N) is 1. The molecule has 0 radical (unpaired) electrons. The lowest BCUT2D eigenvalue weighted by Crippen LogP contribution is -2.42. The highest BCUT2D eigenvalue weighted by Gasteiger charge is 2.23. The summed E-state index contributed by atoms with van der Waals surface area (Å²) in [6.45, 7) is 1.64. The molecule has 6 heteroatoms. The average molecular weight is 377 g/mol. The van der Waals surface area contributed by atoms with Crippen molar-refractivity contribution in [1.82, 2.24) is 4.90 Å². The van der Waals surface area contributed by atoms with Crippen molar-refractivity contribution < 1.29 is 14.6 Å². The number of carbonyl (C=O) groups excluding carboxylic acids is 1. The van der Waals surface area contributed by atoms with E-state index in [9.17, 15) is 4.79 Å². The molecule has 0 aromatic heterocycles. The monoisotopic (exact) mass is 375 g/mol. The van der Waals surface area contributed by atoms with Gasteiger partial charge in [-0.15, -0.1) is 0 Å². The maximum atomic E-state index is 12.2. The lowest BCUT2D eigenvalue weighted by Gasteiger charge is -2.32. The third-order valence-corrected chi connectivity index (χ3v) is 4.44. The van der Waals surface area contributed by atoms with E-state index in [4.69, 9.17) is 21.4 Å². The first kappa shape index (κ1) is 16.6. The second kappa shape index (κ2) is 8.01. The van der Waals surface area contributed by atoms with E-state index < -0.39 is 0 Å². The molecule has 2 rings (SSSR count). The Labute approximate surface area is 138 Å². The van der Waals surface area contributed by atoms with E-state index in [0.717, 1.165) is 30.3 Å². The molecule has 1 unspecified atom stereocenters. The number of rotatable bonds is 5. The Kier molecular flexibility index (Phi) is 6.33.